The third-order valence-corrected chi connectivity index (χ3v) is 9.74. The molecule has 0 N–H and O–H groups in total. The number of halogens is 1. The molecule has 0 spiro atoms. The molecule has 0 aliphatic heterocycles. The van der Waals surface area contributed by atoms with Gasteiger partial charge in [-0.2, -0.15) is 0 Å². The first-order chi connectivity index (χ1) is 23.2. The lowest BCUT2D eigenvalue weighted by Crippen LogP contribution is -1.96. The van der Waals surface area contributed by atoms with E-state index >= 15 is 0 Å². The summed E-state index contributed by atoms with van der Waals surface area (Å²) >= 11 is 3.60. The van der Waals surface area contributed by atoms with E-state index in [9.17, 15) is 0 Å². The number of fused-ring (bicyclic) bond motifs is 6. The van der Waals surface area contributed by atoms with Gasteiger partial charge in [-0.05, 0) is 89.0 Å². The van der Waals surface area contributed by atoms with Crippen molar-refractivity contribution in [1.82, 2.24) is 9.13 Å². The van der Waals surface area contributed by atoms with Crippen LogP contribution in [0.5, 0.6) is 0 Å². The first-order valence-corrected chi connectivity index (χ1v) is 16.7. The molecule has 9 rings (SSSR count). The van der Waals surface area contributed by atoms with Gasteiger partial charge in [-0.25, -0.2) is 0 Å². The molecule has 0 fully saturated rings. The van der Waals surface area contributed by atoms with Gasteiger partial charge in [0.05, 0.1) is 22.1 Å². The molecule has 0 saturated carbocycles. The first kappa shape index (κ1) is 27.7. The molecule has 9 aromatic rings. The summed E-state index contributed by atoms with van der Waals surface area (Å²) in [5.41, 5.74) is 11.8. The molecule has 0 atom stereocenters. The summed E-state index contributed by atoms with van der Waals surface area (Å²) in [5.74, 6) is 0. The van der Waals surface area contributed by atoms with Crippen LogP contribution in [0.4, 0.5) is 0 Å². The molecule has 222 valence electrons. The van der Waals surface area contributed by atoms with Crippen LogP contribution >= 0.6 is 15.9 Å². The normalized spacial score (nSPS) is 11.5. The molecule has 0 radical (unpaired) electrons. The lowest BCUT2D eigenvalue weighted by molar-refractivity contribution is 1.18. The average Bonchev–Trinajstić information content (AvgIpc) is 3.65. The molecular weight excluding hydrogens is 636 g/mol. The Morgan fingerprint density at radius 2 is 0.723 bits per heavy atom. The fourth-order valence-corrected chi connectivity index (χ4v) is 7.30. The molecule has 0 bridgehead atoms. The number of hydrogen-bond acceptors (Lipinski definition) is 0. The summed E-state index contributed by atoms with van der Waals surface area (Å²) in [6.45, 7) is 0. The summed E-state index contributed by atoms with van der Waals surface area (Å²) in [6.07, 6.45) is 2.29. The predicted molar refractivity (Wildman–Crippen MR) is 203 cm³/mol. The number of benzene rings is 7. The van der Waals surface area contributed by atoms with E-state index in [1.54, 1.807) is 0 Å². The monoisotopic (exact) mass is 664 g/mol. The van der Waals surface area contributed by atoms with Gasteiger partial charge in [-0.3, -0.25) is 0 Å². The first-order valence-electron chi connectivity index (χ1n) is 15.9. The van der Waals surface area contributed by atoms with Crippen LogP contribution in [0.15, 0.2) is 174 Å². The Hall–Kier alpha value is -5.64. The number of rotatable bonds is 5. The van der Waals surface area contributed by atoms with E-state index in [0.29, 0.717) is 0 Å². The van der Waals surface area contributed by atoms with Crippen LogP contribution < -0.4 is 0 Å². The maximum absolute atomic E-state index is 3.60. The summed E-state index contributed by atoms with van der Waals surface area (Å²) in [5, 5.41) is 5.08. The minimum absolute atomic E-state index is 1.07. The Morgan fingerprint density at radius 1 is 0.383 bits per heavy atom. The van der Waals surface area contributed by atoms with Crippen LogP contribution in [0.25, 0.3) is 66.6 Å². The molecule has 0 saturated heterocycles. The number of hydrogen-bond donors (Lipinski definition) is 0. The van der Waals surface area contributed by atoms with Crippen molar-refractivity contribution in [3.63, 3.8) is 0 Å². The zero-order chi connectivity index (χ0) is 31.3. The third-order valence-electron chi connectivity index (χ3n) is 9.21. The van der Waals surface area contributed by atoms with Gasteiger partial charge in [0.1, 0.15) is 0 Å². The van der Waals surface area contributed by atoms with E-state index in [0.717, 1.165) is 21.4 Å². The van der Waals surface area contributed by atoms with Crippen molar-refractivity contribution in [2.45, 2.75) is 0 Å². The number of para-hydroxylation sites is 4. The molecule has 0 aliphatic rings. The zero-order valence-electron chi connectivity index (χ0n) is 25.5. The topological polar surface area (TPSA) is 9.86 Å². The highest BCUT2D eigenvalue weighted by atomic mass is 79.9. The molecule has 0 unspecified atom stereocenters. The number of nitrogens with zero attached hydrogens (tertiary/aromatic N) is 2. The predicted octanol–water partition coefficient (Wildman–Crippen LogP) is 12.2. The Labute approximate surface area is 281 Å². The molecule has 3 heteroatoms. The molecule has 2 aromatic heterocycles. The summed E-state index contributed by atoms with van der Waals surface area (Å²) in [6, 6.07) is 61.1. The highest BCUT2D eigenvalue weighted by molar-refractivity contribution is 9.10. The van der Waals surface area contributed by atoms with E-state index in [4.69, 9.17) is 0 Å². The van der Waals surface area contributed by atoms with Gasteiger partial charge in [0.25, 0.3) is 0 Å². The fourth-order valence-electron chi connectivity index (χ4n) is 7.04. The van der Waals surface area contributed by atoms with Crippen molar-refractivity contribution in [1.29, 1.82) is 0 Å². The quantitative estimate of drug-likeness (QED) is 0.162. The third kappa shape index (κ3) is 4.70. The lowest BCUT2D eigenvalue weighted by atomic mass is 9.95. The van der Waals surface area contributed by atoms with Gasteiger partial charge in [-0.1, -0.05) is 125 Å². The van der Waals surface area contributed by atoms with Crippen LogP contribution in [-0.4, -0.2) is 9.13 Å². The van der Waals surface area contributed by atoms with Gasteiger partial charge in [0.15, 0.2) is 0 Å². The second kappa shape index (κ2) is 11.3. The van der Waals surface area contributed by atoms with E-state index in [2.05, 4.69) is 201 Å². The van der Waals surface area contributed by atoms with Crippen LogP contribution in [0.3, 0.4) is 0 Å². The average molecular weight is 666 g/mol. The minimum Gasteiger partial charge on any atom is -0.309 e. The van der Waals surface area contributed by atoms with Crippen LogP contribution in [0.1, 0.15) is 16.7 Å². The van der Waals surface area contributed by atoms with E-state index in [1.807, 2.05) is 0 Å². The molecule has 0 amide bonds. The lowest BCUT2D eigenvalue weighted by Gasteiger charge is -2.14. The van der Waals surface area contributed by atoms with Gasteiger partial charge in [0.2, 0.25) is 0 Å². The Bertz CT molecular complexity index is 2340. The van der Waals surface area contributed by atoms with Crippen LogP contribution in [0, 0.1) is 0 Å². The molecule has 2 heterocycles. The smallest absolute Gasteiger partial charge is 0.0541 e. The van der Waals surface area contributed by atoms with Crippen molar-refractivity contribution in [3.05, 3.63) is 191 Å². The molecule has 0 aliphatic carbocycles. The van der Waals surface area contributed by atoms with E-state index < -0.39 is 0 Å². The molecule has 47 heavy (non-hydrogen) atoms. The molecular formula is C44H29BrN2. The fraction of sp³-hybridized carbons (Fsp3) is 0. The SMILES string of the molecule is Brc1ccc(C=C(c2ccc(-n3c4ccccc4c4ccccc43)cc2)c2ccc(-n3c4ccccc4c4ccccc43)cc2)cc1. The van der Waals surface area contributed by atoms with Gasteiger partial charge in [-0.15, -0.1) is 0 Å². The highest BCUT2D eigenvalue weighted by Crippen LogP contribution is 2.35. The van der Waals surface area contributed by atoms with Crippen molar-refractivity contribution < 1.29 is 0 Å². The van der Waals surface area contributed by atoms with E-state index in [-0.39, 0.29) is 0 Å². The Kier molecular flexibility index (Phi) is 6.65. The second-order valence-electron chi connectivity index (χ2n) is 11.9. The standard InChI is InChI=1S/C44H29BrN2/c45-33-23-17-30(18-24-33)29-40(31-19-25-34(26-20-31)46-41-13-5-1-9-36(41)37-10-2-6-14-42(37)46)32-21-27-35(28-22-32)47-43-15-7-3-11-38(43)39-12-4-8-16-44(39)47/h1-29H. The van der Waals surface area contributed by atoms with Crippen LogP contribution in [0.2, 0.25) is 0 Å². The Morgan fingerprint density at radius 3 is 1.09 bits per heavy atom. The van der Waals surface area contributed by atoms with Crippen molar-refractivity contribution >= 4 is 71.2 Å². The zero-order valence-corrected chi connectivity index (χ0v) is 27.1. The number of aromatic nitrogens is 2. The van der Waals surface area contributed by atoms with Crippen LogP contribution in [-0.2, 0) is 0 Å². The van der Waals surface area contributed by atoms with Crippen molar-refractivity contribution in [3.8, 4) is 11.4 Å². The van der Waals surface area contributed by atoms with E-state index in [1.165, 1.54) is 60.3 Å². The highest BCUT2D eigenvalue weighted by Gasteiger charge is 2.14. The Balaban J connectivity index is 1.16. The summed E-state index contributed by atoms with van der Waals surface area (Å²) in [4.78, 5) is 0. The maximum atomic E-state index is 3.60. The van der Waals surface area contributed by atoms with Crippen molar-refractivity contribution in [2.75, 3.05) is 0 Å². The van der Waals surface area contributed by atoms with Gasteiger partial charge >= 0.3 is 0 Å². The summed E-state index contributed by atoms with van der Waals surface area (Å²) < 4.78 is 5.81. The van der Waals surface area contributed by atoms with Gasteiger partial charge in [0, 0.05) is 37.4 Å². The second-order valence-corrected chi connectivity index (χ2v) is 12.9. The molecule has 7 aromatic carbocycles. The van der Waals surface area contributed by atoms with Gasteiger partial charge < -0.3 is 9.13 Å². The minimum atomic E-state index is 1.07. The largest absolute Gasteiger partial charge is 0.309 e. The maximum Gasteiger partial charge on any atom is 0.0541 e. The molecule has 2 nitrogen and oxygen atoms in total. The summed E-state index contributed by atoms with van der Waals surface area (Å²) in [7, 11) is 0. The van der Waals surface area contributed by atoms with Crippen molar-refractivity contribution in [2.24, 2.45) is 0 Å².